The zero-order chi connectivity index (χ0) is 18.2. The van der Waals surface area contributed by atoms with Gasteiger partial charge in [0.05, 0.1) is 12.7 Å². The molecule has 1 heterocycles. The number of anilines is 1. The highest BCUT2D eigenvalue weighted by Gasteiger charge is 2.21. The zero-order valence-electron chi connectivity index (χ0n) is 13.9. The lowest BCUT2D eigenvalue weighted by molar-refractivity contribution is -0.0515. The van der Waals surface area contributed by atoms with Gasteiger partial charge in [0.1, 0.15) is 5.01 Å². The molecule has 1 amide bonds. The number of hydrogen-bond donors (Lipinski definition) is 1. The summed E-state index contributed by atoms with van der Waals surface area (Å²) in [5.74, 6) is -0.888. The van der Waals surface area contributed by atoms with Crippen LogP contribution in [-0.4, -0.2) is 29.8 Å². The molecular weight excluding hydrogens is 352 g/mol. The first kappa shape index (κ1) is 19.0. The largest absolute Gasteiger partial charge is 0.493 e. The Morgan fingerprint density at radius 3 is 2.80 bits per heavy atom. The number of alkyl halides is 2. The second kappa shape index (κ2) is 9.26. The van der Waals surface area contributed by atoms with Crippen molar-refractivity contribution in [2.45, 2.75) is 39.2 Å². The van der Waals surface area contributed by atoms with Gasteiger partial charge in [-0.25, -0.2) is 0 Å². The zero-order valence-corrected chi connectivity index (χ0v) is 14.7. The van der Waals surface area contributed by atoms with E-state index in [0.717, 1.165) is 30.7 Å². The molecule has 0 aliphatic carbocycles. The van der Waals surface area contributed by atoms with Gasteiger partial charge in [-0.05, 0) is 18.6 Å². The Labute approximate surface area is 148 Å². The summed E-state index contributed by atoms with van der Waals surface area (Å²) in [5.41, 5.74) is -0.0672. The SMILES string of the molecule is CCCCCc1nnc(NC(=O)c2cccc(OC)c2OC(F)F)s1. The van der Waals surface area contributed by atoms with Crippen molar-refractivity contribution in [3.63, 3.8) is 0 Å². The smallest absolute Gasteiger partial charge is 0.387 e. The van der Waals surface area contributed by atoms with E-state index in [-0.39, 0.29) is 17.1 Å². The number of aryl methyl sites for hydroxylation is 1. The minimum absolute atomic E-state index is 0.0467. The van der Waals surface area contributed by atoms with Crippen LogP contribution >= 0.6 is 11.3 Å². The summed E-state index contributed by atoms with van der Waals surface area (Å²) < 4.78 is 34.7. The molecule has 136 valence electrons. The summed E-state index contributed by atoms with van der Waals surface area (Å²) >= 11 is 1.26. The van der Waals surface area contributed by atoms with Crippen LogP contribution in [0.25, 0.3) is 0 Å². The number of methoxy groups -OCH3 is 1. The standard InChI is InChI=1S/C16H19F2N3O3S/c1-3-4-5-9-12-20-21-16(25-12)19-14(22)10-7-6-8-11(23-2)13(10)24-15(17)18/h6-8,15H,3-5,9H2,1-2H3,(H,19,21,22). The van der Waals surface area contributed by atoms with E-state index >= 15 is 0 Å². The van der Waals surface area contributed by atoms with Gasteiger partial charge in [0.25, 0.3) is 5.91 Å². The first-order valence-corrected chi connectivity index (χ1v) is 8.62. The maximum atomic E-state index is 12.6. The third-order valence-electron chi connectivity index (χ3n) is 3.33. The number of aromatic nitrogens is 2. The van der Waals surface area contributed by atoms with E-state index in [1.165, 1.54) is 36.6 Å². The van der Waals surface area contributed by atoms with Crippen LogP contribution in [0.5, 0.6) is 11.5 Å². The third kappa shape index (κ3) is 5.35. The molecule has 1 N–H and O–H groups in total. The highest BCUT2D eigenvalue weighted by molar-refractivity contribution is 7.15. The lowest BCUT2D eigenvalue weighted by Crippen LogP contribution is -2.15. The van der Waals surface area contributed by atoms with Crippen molar-refractivity contribution in [1.29, 1.82) is 0 Å². The highest BCUT2D eigenvalue weighted by Crippen LogP contribution is 2.33. The number of hydrogen-bond acceptors (Lipinski definition) is 6. The van der Waals surface area contributed by atoms with E-state index in [1.807, 2.05) is 0 Å². The van der Waals surface area contributed by atoms with E-state index < -0.39 is 12.5 Å². The summed E-state index contributed by atoms with van der Waals surface area (Å²) in [6, 6.07) is 4.33. The van der Waals surface area contributed by atoms with Gasteiger partial charge in [-0.2, -0.15) is 8.78 Å². The predicted molar refractivity (Wildman–Crippen MR) is 90.7 cm³/mol. The highest BCUT2D eigenvalue weighted by atomic mass is 32.1. The fourth-order valence-corrected chi connectivity index (χ4v) is 2.94. The quantitative estimate of drug-likeness (QED) is 0.671. The van der Waals surface area contributed by atoms with Gasteiger partial charge in [0, 0.05) is 6.42 Å². The van der Waals surface area contributed by atoms with E-state index in [9.17, 15) is 13.6 Å². The van der Waals surface area contributed by atoms with Gasteiger partial charge in [0.15, 0.2) is 11.5 Å². The summed E-state index contributed by atoms with van der Waals surface area (Å²) in [6.45, 7) is -0.964. The van der Waals surface area contributed by atoms with Crippen molar-refractivity contribution in [3.8, 4) is 11.5 Å². The molecule has 0 fully saturated rings. The lowest BCUT2D eigenvalue weighted by Gasteiger charge is -2.13. The Balaban J connectivity index is 2.13. The Morgan fingerprint density at radius 2 is 2.12 bits per heavy atom. The predicted octanol–water partition coefficient (Wildman–Crippen LogP) is 4.13. The molecule has 2 aromatic rings. The molecule has 0 spiro atoms. The summed E-state index contributed by atoms with van der Waals surface area (Å²) in [7, 11) is 1.31. The van der Waals surface area contributed by atoms with E-state index in [4.69, 9.17) is 4.74 Å². The average Bonchev–Trinajstić information content (AvgIpc) is 3.02. The lowest BCUT2D eigenvalue weighted by atomic mass is 10.1. The number of nitrogens with zero attached hydrogens (tertiary/aromatic N) is 2. The number of carbonyl (C=O) groups excluding carboxylic acids is 1. The van der Waals surface area contributed by atoms with E-state index in [2.05, 4.69) is 27.2 Å². The van der Waals surface area contributed by atoms with Crippen molar-refractivity contribution in [2.24, 2.45) is 0 Å². The Morgan fingerprint density at radius 1 is 1.32 bits per heavy atom. The van der Waals surface area contributed by atoms with Crippen LogP contribution in [0.4, 0.5) is 13.9 Å². The fraction of sp³-hybridized carbons (Fsp3) is 0.438. The van der Waals surface area contributed by atoms with Gasteiger partial charge in [-0.3, -0.25) is 10.1 Å². The second-order valence-corrected chi connectivity index (χ2v) is 6.19. The summed E-state index contributed by atoms with van der Waals surface area (Å²) in [4.78, 5) is 12.4. The topological polar surface area (TPSA) is 73.3 Å². The normalized spacial score (nSPS) is 10.8. The van der Waals surface area contributed by atoms with Gasteiger partial charge < -0.3 is 9.47 Å². The number of carbonyl (C=O) groups is 1. The van der Waals surface area contributed by atoms with E-state index in [1.54, 1.807) is 0 Å². The van der Waals surface area contributed by atoms with Gasteiger partial charge in [-0.1, -0.05) is 37.2 Å². The molecule has 0 bridgehead atoms. The number of nitrogens with one attached hydrogen (secondary N) is 1. The van der Waals surface area contributed by atoms with Crippen molar-refractivity contribution >= 4 is 22.4 Å². The molecule has 0 aliphatic rings. The number of unbranched alkanes of at least 4 members (excludes halogenated alkanes) is 2. The first-order chi connectivity index (χ1) is 12.0. The van der Waals surface area contributed by atoms with E-state index in [0.29, 0.717) is 5.13 Å². The van der Waals surface area contributed by atoms with Crippen LogP contribution in [0.2, 0.25) is 0 Å². The minimum Gasteiger partial charge on any atom is -0.493 e. The van der Waals surface area contributed by atoms with Crippen molar-refractivity contribution < 1.29 is 23.0 Å². The van der Waals surface area contributed by atoms with Gasteiger partial charge in [0.2, 0.25) is 5.13 Å². The molecule has 1 aromatic heterocycles. The van der Waals surface area contributed by atoms with Crippen molar-refractivity contribution in [2.75, 3.05) is 12.4 Å². The number of amides is 1. The number of rotatable bonds is 9. The van der Waals surface area contributed by atoms with Crippen LogP contribution in [0.3, 0.4) is 0 Å². The molecule has 9 heteroatoms. The fourth-order valence-electron chi connectivity index (χ4n) is 2.16. The average molecular weight is 371 g/mol. The molecule has 6 nitrogen and oxygen atoms in total. The molecule has 25 heavy (non-hydrogen) atoms. The minimum atomic E-state index is -3.07. The molecule has 0 atom stereocenters. The van der Waals surface area contributed by atoms with Crippen LogP contribution in [0.15, 0.2) is 18.2 Å². The molecule has 0 radical (unpaired) electrons. The number of halogens is 2. The van der Waals surface area contributed by atoms with Crippen molar-refractivity contribution in [3.05, 3.63) is 28.8 Å². The molecule has 0 unspecified atom stereocenters. The number of benzene rings is 1. The van der Waals surface area contributed by atoms with Crippen LogP contribution in [0, 0.1) is 0 Å². The Kier molecular flexibility index (Phi) is 7.05. The van der Waals surface area contributed by atoms with Crippen LogP contribution in [-0.2, 0) is 6.42 Å². The monoisotopic (exact) mass is 371 g/mol. The van der Waals surface area contributed by atoms with Gasteiger partial charge in [-0.15, -0.1) is 10.2 Å². The second-order valence-electron chi connectivity index (χ2n) is 5.13. The van der Waals surface area contributed by atoms with Crippen LogP contribution < -0.4 is 14.8 Å². The molecule has 0 aliphatic heterocycles. The molecule has 0 saturated heterocycles. The number of para-hydroxylation sites is 1. The van der Waals surface area contributed by atoms with Crippen molar-refractivity contribution in [1.82, 2.24) is 10.2 Å². The molecular formula is C16H19F2N3O3S. The first-order valence-electron chi connectivity index (χ1n) is 7.80. The molecule has 0 saturated carbocycles. The summed E-state index contributed by atoms with van der Waals surface area (Å²) in [5, 5.41) is 11.6. The third-order valence-corrected chi connectivity index (χ3v) is 4.23. The Hall–Kier alpha value is -2.29. The molecule has 2 rings (SSSR count). The molecule has 1 aromatic carbocycles. The summed E-state index contributed by atoms with van der Waals surface area (Å²) in [6.07, 6.45) is 3.99. The maximum Gasteiger partial charge on any atom is 0.387 e. The Bertz CT molecular complexity index is 710. The van der Waals surface area contributed by atoms with Gasteiger partial charge >= 0.3 is 6.61 Å². The number of ether oxygens (including phenoxy) is 2. The maximum absolute atomic E-state index is 12.6. The van der Waals surface area contributed by atoms with Crippen LogP contribution in [0.1, 0.15) is 41.6 Å².